The van der Waals surface area contributed by atoms with Crippen LogP contribution in [0.5, 0.6) is 0 Å². The van der Waals surface area contributed by atoms with Crippen molar-refractivity contribution in [1.82, 2.24) is 0 Å². The molecule has 0 saturated heterocycles. The highest BCUT2D eigenvalue weighted by Crippen LogP contribution is 2.26. The molecule has 0 spiro atoms. The van der Waals surface area contributed by atoms with Gasteiger partial charge in [-0.3, -0.25) is 0 Å². The van der Waals surface area contributed by atoms with Crippen LogP contribution in [0, 0.1) is 5.92 Å². The molecule has 0 unspecified atom stereocenters. The third-order valence-electron chi connectivity index (χ3n) is 2.17. The van der Waals surface area contributed by atoms with Crippen molar-refractivity contribution in [2.24, 2.45) is 5.92 Å². The molecule has 2 rings (SSSR count). The first-order valence-electron chi connectivity index (χ1n) is 5.31. The molecule has 1 aromatic rings. The molecule has 0 bridgehead atoms. The Morgan fingerprint density at radius 2 is 1.94 bits per heavy atom. The molecule has 1 aromatic carbocycles. The van der Waals surface area contributed by atoms with Gasteiger partial charge in [0.1, 0.15) is 0 Å². The van der Waals surface area contributed by atoms with E-state index in [9.17, 15) is 4.79 Å². The minimum Gasteiger partial charge on any atom is -0.391 e. The Labute approximate surface area is 102 Å². The highest BCUT2D eigenvalue weighted by Gasteiger charge is 2.12. The number of rotatable bonds is 2. The van der Waals surface area contributed by atoms with Crippen LogP contribution in [0.3, 0.4) is 0 Å². The summed E-state index contributed by atoms with van der Waals surface area (Å²) in [6.45, 7) is 2.28. The van der Waals surface area contributed by atoms with Crippen LogP contribution in [0.2, 0.25) is 0 Å². The molecule has 0 heterocycles. The van der Waals surface area contributed by atoms with Crippen molar-refractivity contribution in [2.75, 3.05) is 0 Å². The van der Waals surface area contributed by atoms with Crippen molar-refractivity contribution in [3.8, 4) is 0 Å². The third kappa shape index (κ3) is 6.30. The lowest BCUT2D eigenvalue weighted by Gasteiger charge is -1.90. The predicted octanol–water partition coefficient (Wildman–Crippen LogP) is 3.50. The summed E-state index contributed by atoms with van der Waals surface area (Å²) in [5.41, 5.74) is 0.955. The molecule has 16 heavy (non-hydrogen) atoms. The molecule has 86 valence electrons. The average molecular weight is 236 g/mol. The first kappa shape index (κ1) is 12.8. The Balaban J connectivity index is 0.000000267. The molecule has 0 amide bonds. The van der Waals surface area contributed by atoms with E-state index >= 15 is 0 Å². The second-order valence-electron chi connectivity index (χ2n) is 3.84. The van der Waals surface area contributed by atoms with Gasteiger partial charge in [-0.1, -0.05) is 50.1 Å². The standard InChI is InChI=1S/C9H8O2S.C4H8/c10-9(11-12)7-6-8-4-2-1-3-5-8;1-4-2-3-4/h1-7,12H;4H,2-3H2,1H3. The Hall–Kier alpha value is -1.22. The maximum absolute atomic E-state index is 10.6. The molecule has 1 fully saturated rings. The summed E-state index contributed by atoms with van der Waals surface area (Å²) in [4.78, 5) is 10.6. The molecular weight excluding hydrogens is 220 g/mol. The van der Waals surface area contributed by atoms with E-state index in [1.54, 1.807) is 6.08 Å². The van der Waals surface area contributed by atoms with E-state index in [1.165, 1.54) is 18.9 Å². The zero-order valence-corrected chi connectivity index (χ0v) is 10.2. The first-order chi connectivity index (χ1) is 7.72. The number of thiol groups is 1. The predicted molar refractivity (Wildman–Crippen MR) is 69.0 cm³/mol. The topological polar surface area (TPSA) is 26.3 Å². The fourth-order valence-corrected chi connectivity index (χ4v) is 0.986. The molecule has 0 aliphatic heterocycles. The summed E-state index contributed by atoms with van der Waals surface area (Å²) in [5, 5.41) is 0. The van der Waals surface area contributed by atoms with Gasteiger partial charge in [-0.2, -0.15) is 0 Å². The van der Waals surface area contributed by atoms with Crippen LogP contribution in [-0.4, -0.2) is 5.97 Å². The van der Waals surface area contributed by atoms with Crippen molar-refractivity contribution in [1.29, 1.82) is 0 Å². The van der Waals surface area contributed by atoms with Crippen molar-refractivity contribution in [2.45, 2.75) is 19.8 Å². The van der Waals surface area contributed by atoms with Crippen molar-refractivity contribution in [3.05, 3.63) is 42.0 Å². The Bertz CT molecular complexity index is 342. The first-order valence-corrected chi connectivity index (χ1v) is 5.67. The Kier molecular flexibility index (Phi) is 5.72. The van der Waals surface area contributed by atoms with Crippen LogP contribution >= 0.6 is 12.9 Å². The fraction of sp³-hybridized carbons (Fsp3) is 0.308. The van der Waals surface area contributed by atoms with Crippen LogP contribution in [0.25, 0.3) is 6.08 Å². The van der Waals surface area contributed by atoms with Gasteiger partial charge in [-0.15, -0.1) is 0 Å². The largest absolute Gasteiger partial charge is 0.391 e. The second kappa shape index (κ2) is 7.12. The maximum atomic E-state index is 10.6. The van der Waals surface area contributed by atoms with E-state index < -0.39 is 5.97 Å². The van der Waals surface area contributed by atoms with E-state index in [4.69, 9.17) is 0 Å². The van der Waals surface area contributed by atoms with Crippen molar-refractivity contribution >= 4 is 25.0 Å². The molecule has 1 aliphatic carbocycles. The molecule has 2 nitrogen and oxygen atoms in total. The molecule has 0 atom stereocenters. The van der Waals surface area contributed by atoms with Gasteiger partial charge in [-0.25, -0.2) is 4.79 Å². The van der Waals surface area contributed by atoms with Gasteiger partial charge in [-0.05, 0) is 17.6 Å². The smallest absolute Gasteiger partial charge is 0.342 e. The minimum absolute atomic E-state index is 0.470. The highest BCUT2D eigenvalue weighted by atomic mass is 32.1. The molecule has 3 heteroatoms. The number of carbonyl (C=O) groups is 1. The summed E-state index contributed by atoms with van der Waals surface area (Å²) in [5.74, 6) is 0.613. The van der Waals surface area contributed by atoms with Gasteiger partial charge in [0.05, 0.1) is 0 Å². The summed E-state index contributed by atoms with van der Waals surface area (Å²) < 4.78 is 4.14. The number of carbonyl (C=O) groups excluding carboxylic acids is 1. The zero-order valence-electron chi connectivity index (χ0n) is 9.30. The molecular formula is C13H16O2S. The lowest BCUT2D eigenvalue weighted by atomic mass is 10.2. The third-order valence-corrected chi connectivity index (χ3v) is 2.35. The van der Waals surface area contributed by atoms with Gasteiger partial charge < -0.3 is 4.18 Å². The van der Waals surface area contributed by atoms with Crippen LogP contribution in [0.1, 0.15) is 25.3 Å². The number of hydrogen-bond donors (Lipinski definition) is 1. The van der Waals surface area contributed by atoms with Crippen LogP contribution in [0.4, 0.5) is 0 Å². The van der Waals surface area contributed by atoms with Crippen LogP contribution in [0.15, 0.2) is 36.4 Å². The zero-order chi connectivity index (χ0) is 11.8. The van der Waals surface area contributed by atoms with Gasteiger partial charge >= 0.3 is 5.97 Å². The maximum Gasteiger partial charge on any atom is 0.342 e. The highest BCUT2D eigenvalue weighted by molar-refractivity contribution is 7.75. The molecule has 1 saturated carbocycles. The number of hydrogen-bond acceptors (Lipinski definition) is 3. The van der Waals surface area contributed by atoms with Gasteiger partial charge in [0.2, 0.25) is 0 Å². The summed E-state index contributed by atoms with van der Waals surface area (Å²) in [6.07, 6.45) is 5.96. The average Bonchev–Trinajstić information content (AvgIpc) is 3.11. The quantitative estimate of drug-likeness (QED) is 0.483. The Morgan fingerprint density at radius 1 is 1.38 bits per heavy atom. The fourth-order valence-electron chi connectivity index (χ4n) is 0.926. The van der Waals surface area contributed by atoms with Crippen LogP contribution < -0.4 is 0 Å². The van der Waals surface area contributed by atoms with Gasteiger partial charge in [0.15, 0.2) is 0 Å². The number of benzene rings is 1. The second-order valence-corrected chi connectivity index (χ2v) is 4.02. The Morgan fingerprint density at radius 3 is 2.38 bits per heavy atom. The summed E-state index contributed by atoms with van der Waals surface area (Å²) in [7, 11) is 0. The van der Waals surface area contributed by atoms with Gasteiger partial charge in [0.25, 0.3) is 0 Å². The van der Waals surface area contributed by atoms with Crippen molar-refractivity contribution in [3.63, 3.8) is 0 Å². The normalized spacial score (nSPS) is 14.1. The lowest BCUT2D eigenvalue weighted by Crippen LogP contribution is -1.88. The van der Waals surface area contributed by atoms with E-state index in [0.717, 1.165) is 11.5 Å². The monoisotopic (exact) mass is 236 g/mol. The molecule has 0 radical (unpaired) electrons. The van der Waals surface area contributed by atoms with E-state index in [-0.39, 0.29) is 0 Å². The van der Waals surface area contributed by atoms with E-state index in [2.05, 4.69) is 24.0 Å². The van der Waals surface area contributed by atoms with E-state index in [0.29, 0.717) is 0 Å². The SMILES string of the molecule is CC1CC1.O=C(C=Cc1ccccc1)OS. The molecule has 0 aromatic heterocycles. The summed E-state index contributed by atoms with van der Waals surface area (Å²) in [6, 6.07) is 9.48. The van der Waals surface area contributed by atoms with Gasteiger partial charge in [0, 0.05) is 19.0 Å². The van der Waals surface area contributed by atoms with Crippen LogP contribution in [-0.2, 0) is 8.98 Å². The summed E-state index contributed by atoms with van der Waals surface area (Å²) >= 11 is 3.36. The molecule has 0 N–H and O–H groups in total. The molecule has 1 aliphatic rings. The minimum atomic E-state index is -0.470. The lowest BCUT2D eigenvalue weighted by molar-refractivity contribution is -0.127. The van der Waals surface area contributed by atoms with Crippen molar-refractivity contribution < 1.29 is 8.98 Å². The van der Waals surface area contributed by atoms with E-state index in [1.807, 2.05) is 30.3 Å².